The largest absolute Gasteiger partial charge is 0.493 e. The van der Waals surface area contributed by atoms with Gasteiger partial charge in [0.05, 0.1) is 25.7 Å². The highest BCUT2D eigenvalue weighted by Crippen LogP contribution is 2.38. The number of nitrogens with zero attached hydrogens (tertiary/aromatic N) is 1. The molecule has 3 rings (SSSR count). The summed E-state index contributed by atoms with van der Waals surface area (Å²) < 4.78 is 10.9. The lowest BCUT2D eigenvalue weighted by Gasteiger charge is -2.15. The van der Waals surface area contributed by atoms with Crippen LogP contribution >= 0.6 is 35.0 Å². The van der Waals surface area contributed by atoms with E-state index in [1.54, 1.807) is 50.6 Å². The number of imide groups is 1. The van der Waals surface area contributed by atoms with Crippen molar-refractivity contribution >= 4 is 52.2 Å². The number of allylic oxidation sites excluding steroid dienone is 1. The van der Waals surface area contributed by atoms with Crippen molar-refractivity contribution in [1.82, 2.24) is 4.90 Å². The van der Waals surface area contributed by atoms with Crippen LogP contribution in [0.15, 0.2) is 47.9 Å². The molecule has 1 heterocycles. The summed E-state index contributed by atoms with van der Waals surface area (Å²) in [7, 11) is 3.11. The molecule has 5 nitrogen and oxygen atoms in total. The van der Waals surface area contributed by atoms with Crippen molar-refractivity contribution in [2.45, 2.75) is 13.0 Å². The van der Waals surface area contributed by atoms with Gasteiger partial charge in [-0.25, -0.2) is 0 Å². The lowest BCUT2D eigenvalue weighted by Crippen LogP contribution is -2.27. The van der Waals surface area contributed by atoms with E-state index in [0.29, 0.717) is 44.0 Å². The maximum atomic E-state index is 12.9. The first-order valence-corrected chi connectivity index (χ1v) is 10.5. The Kier molecular flexibility index (Phi) is 7.13. The van der Waals surface area contributed by atoms with Gasteiger partial charge in [0.25, 0.3) is 11.1 Å². The number of amides is 2. The van der Waals surface area contributed by atoms with Gasteiger partial charge >= 0.3 is 0 Å². The van der Waals surface area contributed by atoms with E-state index in [1.807, 2.05) is 6.07 Å². The van der Waals surface area contributed by atoms with E-state index in [4.69, 9.17) is 32.7 Å². The molecule has 1 fully saturated rings. The highest BCUT2D eigenvalue weighted by atomic mass is 35.5. The van der Waals surface area contributed by atoms with Crippen LogP contribution in [0.25, 0.3) is 6.08 Å². The summed E-state index contributed by atoms with van der Waals surface area (Å²) in [5, 5.41) is 0.424. The number of rotatable bonds is 7. The Morgan fingerprint density at radius 1 is 1.13 bits per heavy atom. The highest BCUT2D eigenvalue weighted by molar-refractivity contribution is 8.18. The zero-order valence-corrected chi connectivity index (χ0v) is 18.7. The van der Waals surface area contributed by atoms with Gasteiger partial charge < -0.3 is 9.47 Å². The van der Waals surface area contributed by atoms with Gasteiger partial charge in [-0.3, -0.25) is 14.5 Å². The summed E-state index contributed by atoms with van der Waals surface area (Å²) in [4.78, 5) is 26.8. The van der Waals surface area contributed by atoms with Gasteiger partial charge in [-0.2, -0.15) is 0 Å². The first-order chi connectivity index (χ1) is 14.4. The quantitative estimate of drug-likeness (QED) is 0.373. The Morgan fingerprint density at radius 2 is 1.83 bits per heavy atom. The van der Waals surface area contributed by atoms with Crippen molar-refractivity contribution in [3.63, 3.8) is 0 Å². The topological polar surface area (TPSA) is 55.8 Å². The Bertz CT molecular complexity index is 1030. The Hall–Kier alpha value is -2.41. The SMILES string of the molecule is C=CCc1cc(/C=C2/SC(=O)N(Cc3c(Cl)cccc3Cl)C2=O)cc(OC)c1OC. The van der Waals surface area contributed by atoms with Gasteiger partial charge in [-0.05, 0) is 54.1 Å². The van der Waals surface area contributed by atoms with E-state index in [2.05, 4.69) is 6.58 Å². The van der Waals surface area contributed by atoms with Gasteiger partial charge in [0.15, 0.2) is 11.5 Å². The Labute approximate surface area is 189 Å². The predicted molar refractivity (Wildman–Crippen MR) is 121 cm³/mol. The fraction of sp³-hybridized carbons (Fsp3) is 0.182. The normalized spacial score (nSPS) is 15.1. The molecule has 8 heteroatoms. The van der Waals surface area contributed by atoms with Crippen LogP contribution in [-0.4, -0.2) is 30.3 Å². The minimum absolute atomic E-state index is 0.00810. The number of methoxy groups -OCH3 is 2. The fourth-order valence-corrected chi connectivity index (χ4v) is 4.44. The van der Waals surface area contributed by atoms with Crippen molar-refractivity contribution in [3.8, 4) is 11.5 Å². The number of hydrogen-bond acceptors (Lipinski definition) is 5. The van der Waals surface area contributed by atoms with Gasteiger partial charge in [-0.1, -0.05) is 35.3 Å². The zero-order valence-electron chi connectivity index (χ0n) is 16.4. The molecule has 30 heavy (non-hydrogen) atoms. The third-order valence-electron chi connectivity index (χ3n) is 4.49. The van der Waals surface area contributed by atoms with E-state index < -0.39 is 5.91 Å². The maximum Gasteiger partial charge on any atom is 0.293 e. The first kappa shape index (κ1) is 22.3. The van der Waals surface area contributed by atoms with Gasteiger partial charge in [0.1, 0.15) is 0 Å². The number of halogens is 2. The minimum Gasteiger partial charge on any atom is -0.493 e. The van der Waals surface area contributed by atoms with E-state index in [1.165, 1.54) is 0 Å². The summed E-state index contributed by atoms with van der Waals surface area (Å²) in [5.74, 6) is 0.738. The van der Waals surface area contributed by atoms with Crippen molar-refractivity contribution in [2.24, 2.45) is 0 Å². The number of benzene rings is 2. The molecule has 0 aromatic heterocycles. The zero-order chi connectivity index (χ0) is 21.8. The number of carbonyl (C=O) groups is 2. The molecule has 0 N–H and O–H groups in total. The number of thioether (sulfide) groups is 1. The molecule has 0 saturated carbocycles. The second-order valence-electron chi connectivity index (χ2n) is 6.38. The molecule has 2 aromatic rings. The van der Waals surface area contributed by atoms with Gasteiger partial charge in [-0.15, -0.1) is 6.58 Å². The standard InChI is InChI=1S/C22H19Cl2NO4S/c1-4-6-14-9-13(10-18(28-2)20(14)29-3)11-19-21(26)25(22(27)30-19)12-15-16(23)7-5-8-17(15)24/h4-5,7-11H,1,6,12H2,2-3H3/b19-11+. The highest BCUT2D eigenvalue weighted by Gasteiger charge is 2.35. The predicted octanol–water partition coefficient (Wildman–Crippen LogP) is 5.98. The van der Waals surface area contributed by atoms with Gasteiger partial charge in [0.2, 0.25) is 0 Å². The molecule has 0 aliphatic carbocycles. The monoisotopic (exact) mass is 463 g/mol. The average Bonchev–Trinajstić information content (AvgIpc) is 2.97. The number of carbonyl (C=O) groups excluding carboxylic acids is 2. The second-order valence-corrected chi connectivity index (χ2v) is 8.18. The molecule has 0 unspecified atom stereocenters. The fourth-order valence-electron chi connectivity index (χ4n) is 3.09. The molecule has 0 radical (unpaired) electrons. The molecule has 0 atom stereocenters. The summed E-state index contributed by atoms with van der Waals surface area (Å²) in [6, 6.07) is 8.68. The van der Waals surface area contributed by atoms with E-state index in [0.717, 1.165) is 22.2 Å². The van der Waals surface area contributed by atoms with Crippen LogP contribution in [0.2, 0.25) is 10.0 Å². The molecule has 0 bridgehead atoms. The minimum atomic E-state index is -0.402. The lowest BCUT2D eigenvalue weighted by atomic mass is 10.0. The van der Waals surface area contributed by atoms with Crippen molar-refractivity contribution in [1.29, 1.82) is 0 Å². The van der Waals surface area contributed by atoms with Crippen molar-refractivity contribution in [3.05, 3.63) is 74.6 Å². The van der Waals surface area contributed by atoms with Crippen molar-refractivity contribution < 1.29 is 19.1 Å². The molecule has 2 amide bonds. The smallest absolute Gasteiger partial charge is 0.293 e. The average molecular weight is 464 g/mol. The van der Waals surface area contributed by atoms with Crippen LogP contribution < -0.4 is 9.47 Å². The van der Waals surface area contributed by atoms with E-state index in [-0.39, 0.29) is 11.8 Å². The van der Waals surface area contributed by atoms with E-state index in [9.17, 15) is 9.59 Å². The Morgan fingerprint density at radius 3 is 2.43 bits per heavy atom. The summed E-state index contributed by atoms with van der Waals surface area (Å²) in [5.41, 5.74) is 2.11. The molecule has 156 valence electrons. The number of ether oxygens (including phenoxy) is 2. The van der Waals surface area contributed by atoms with Crippen LogP contribution in [0.5, 0.6) is 11.5 Å². The molecule has 1 aliphatic heterocycles. The van der Waals surface area contributed by atoms with Crippen LogP contribution in [0.3, 0.4) is 0 Å². The Balaban J connectivity index is 1.93. The number of hydrogen-bond donors (Lipinski definition) is 0. The molecule has 1 saturated heterocycles. The van der Waals surface area contributed by atoms with Crippen LogP contribution in [0.1, 0.15) is 16.7 Å². The first-order valence-electron chi connectivity index (χ1n) is 8.93. The molecular formula is C22H19Cl2NO4S. The molecule has 2 aromatic carbocycles. The molecule has 0 spiro atoms. The van der Waals surface area contributed by atoms with Crippen LogP contribution in [0, 0.1) is 0 Å². The van der Waals surface area contributed by atoms with Crippen LogP contribution in [-0.2, 0) is 17.8 Å². The third kappa shape index (κ3) is 4.51. The maximum absolute atomic E-state index is 12.9. The summed E-state index contributed by atoms with van der Waals surface area (Å²) in [6.45, 7) is 3.77. The molecular weight excluding hydrogens is 445 g/mol. The third-order valence-corrected chi connectivity index (χ3v) is 6.11. The van der Waals surface area contributed by atoms with Crippen LogP contribution in [0.4, 0.5) is 4.79 Å². The summed E-state index contributed by atoms with van der Waals surface area (Å²) in [6.07, 6.45) is 3.98. The van der Waals surface area contributed by atoms with Gasteiger partial charge in [0, 0.05) is 21.2 Å². The van der Waals surface area contributed by atoms with E-state index >= 15 is 0 Å². The summed E-state index contributed by atoms with van der Waals surface area (Å²) >= 11 is 13.2. The van der Waals surface area contributed by atoms with Crippen molar-refractivity contribution in [2.75, 3.05) is 14.2 Å². The molecule has 1 aliphatic rings. The second kappa shape index (κ2) is 9.60. The lowest BCUT2D eigenvalue weighted by molar-refractivity contribution is -0.123.